The van der Waals surface area contributed by atoms with Crippen LogP contribution in [0.15, 0.2) is 24.4 Å². The number of pyridine rings is 1. The zero-order chi connectivity index (χ0) is 13.3. The van der Waals surface area contributed by atoms with Crippen molar-refractivity contribution in [3.63, 3.8) is 0 Å². The first-order chi connectivity index (χ1) is 8.39. The summed E-state index contributed by atoms with van der Waals surface area (Å²) in [5.74, 6) is 0.00111. The fourth-order valence-electron chi connectivity index (χ4n) is 2.29. The molecular weight excluding hydrogens is 232 g/mol. The molecule has 1 aromatic heterocycles. The lowest BCUT2D eigenvalue weighted by Crippen LogP contribution is -2.21. The SMILES string of the molecule is CC1(C)CC(=O)C=C(c2ncccc2[N+](=O)[O-])C1. The molecule has 94 valence electrons. The Hall–Kier alpha value is -2.04. The van der Waals surface area contributed by atoms with Gasteiger partial charge in [-0.15, -0.1) is 0 Å². The molecule has 0 atom stereocenters. The molecule has 18 heavy (non-hydrogen) atoms. The zero-order valence-corrected chi connectivity index (χ0v) is 10.3. The van der Waals surface area contributed by atoms with Crippen LogP contribution >= 0.6 is 0 Å². The van der Waals surface area contributed by atoms with E-state index < -0.39 is 4.92 Å². The van der Waals surface area contributed by atoms with Gasteiger partial charge in [-0.05, 0) is 29.6 Å². The van der Waals surface area contributed by atoms with E-state index in [1.165, 1.54) is 24.4 Å². The first-order valence-corrected chi connectivity index (χ1v) is 5.72. The maximum absolute atomic E-state index is 11.7. The number of carbonyl (C=O) groups is 1. The van der Waals surface area contributed by atoms with Gasteiger partial charge in [0.1, 0.15) is 5.69 Å². The Labute approximate surface area is 105 Å². The Bertz CT molecular complexity index is 547. The number of hydrogen-bond acceptors (Lipinski definition) is 4. The zero-order valence-electron chi connectivity index (χ0n) is 10.3. The molecule has 1 aromatic rings. The summed E-state index contributed by atoms with van der Waals surface area (Å²) in [5.41, 5.74) is 0.744. The van der Waals surface area contributed by atoms with Gasteiger partial charge in [0.15, 0.2) is 5.78 Å². The first-order valence-electron chi connectivity index (χ1n) is 5.72. The second-order valence-electron chi connectivity index (χ2n) is 5.28. The van der Waals surface area contributed by atoms with Crippen molar-refractivity contribution >= 4 is 17.0 Å². The van der Waals surface area contributed by atoms with E-state index in [9.17, 15) is 14.9 Å². The lowest BCUT2D eigenvalue weighted by Gasteiger charge is -2.28. The highest BCUT2D eigenvalue weighted by Gasteiger charge is 2.31. The summed E-state index contributed by atoms with van der Waals surface area (Å²) in [6, 6.07) is 2.94. The van der Waals surface area contributed by atoms with E-state index in [1.807, 2.05) is 13.8 Å². The standard InChI is InChI=1S/C13H14N2O3/c1-13(2)7-9(6-10(16)8-13)12-11(15(17)18)4-3-5-14-12/h3-6H,7-8H2,1-2H3. The Kier molecular flexibility index (Phi) is 2.98. The topological polar surface area (TPSA) is 73.1 Å². The van der Waals surface area contributed by atoms with Crippen LogP contribution in [-0.2, 0) is 4.79 Å². The van der Waals surface area contributed by atoms with Crippen molar-refractivity contribution in [1.82, 2.24) is 4.98 Å². The van der Waals surface area contributed by atoms with Gasteiger partial charge in [0.05, 0.1) is 4.92 Å². The minimum absolute atomic E-state index is 0.00111. The van der Waals surface area contributed by atoms with Crippen LogP contribution < -0.4 is 0 Å². The summed E-state index contributed by atoms with van der Waals surface area (Å²) in [7, 11) is 0. The fourth-order valence-corrected chi connectivity index (χ4v) is 2.29. The van der Waals surface area contributed by atoms with Crippen LogP contribution in [0.1, 0.15) is 32.4 Å². The number of aromatic nitrogens is 1. The molecule has 0 bridgehead atoms. The second kappa shape index (κ2) is 4.33. The third-order valence-corrected chi connectivity index (χ3v) is 2.94. The predicted octanol–water partition coefficient (Wildman–Crippen LogP) is 2.76. The number of ketones is 1. The predicted molar refractivity (Wildman–Crippen MR) is 66.9 cm³/mol. The lowest BCUT2D eigenvalue weighted by molar-refractivity contribution is -0.385. The third kappa shape index (κ3) is 2.45. The van der Waals surface area contributed by atoms with Crippen molar-refractivity contribution in [2.24, 2.45) is 5.41 Å². The van der Waals surface area contributed by atoms with Gasteiger partial charge >= 0.3 is 0 Å². The van der Waals surface area contributed by atoms with Crippen molar-refractivity contribution in [3.05, 3.63) is 40.2 Å². The highest BCUT2D eigenvalue weighted by molar-refractivity contribution is 5.99. The van der Waals surface area contributed by atoms with Crippen LogP contribution in [-0.4, -0.2) is 15.7 Å². The quantitative estimate of drug-likeness (QED) is 0.594. The van der Waals surface area contributed by atoms with Crippen molar-refractivity contribution in [2.75, 3.05) is 0 Å². The van der Waals surface area contributed by atoms with Crippen LogP contribution in [0.5, 0.6) is 0 Å². The molecule has 1 heterocycles. The largest absolute Gasteiger partial charge is 0.295 e. The molecule has 0 aromatic carbocycles. The number of carbonyl (C=O) groups excluding carboxylic acids is 1. The molecule has 0 aliphatic heterocycles. The summed E-state index contributed by atoms with van der Waals surface area (Å²) in [6.07, 6.45) is 4.09. The Morgan fingerprint density at radius 2 is 2.11 bits per heavy atom. The summed E-state index contributed by atoms with van der Waals surface area (Å²) >= 11 is 0. The summed E-state index contributed by atoms with van der Waals surface area (Å²) < 4.78 is 0. The normalized spacial score (nSPS) is 18.3. The van der Waals surface area contributed by atoms with E-state index >= 15 is 0 Å². The molecule has 5 nitrogen and oxygen atoms in total. The third-order valence-electron chi connectivity index (χ3n) is 2.94. The van der Waals surface area contributed by atoms with E-state index in [0.29, 0.717) is 24.1 Å². The maximum Gasteiger partial charge on any atom is 0.295 e. The van der Waals surface area contributed by atoms with Gasteiger partial charge in [0, 0.05) is 18.7 Å². The van der Waals surface area contributed by atoms with Gasteiger partial charge in [-0.3, -0.25) is 14.9 Å². The monoisotopic (exact) mass is 246 g/mol. The molecule has 1 aliphatic rings. The number of rotatable bonds is 2. The second-order valence-corrected chi connectivity index (χ2v) is 5.28. The van der Waals surface area contributed by atoms with Gasteiger partial charge in [-0.2, -0.15) is 0 Å². The van der Waals surface area contributed by atoms with Gasteiger partial charge < -0.3 is 0 Å². The highest BCUT2D eigenvalue weighted by atomic mass is 16.6. The average Bonchev–Trinajstić information content (AvgIpc) is 2.26. The van der Waals surface area contributed by atoms with E-state index in [0.717, 1.165) is 0 Å². The summed E-state index contributed by atoms with van der Waals surface area (Å²) in [4.78, 5) is 26.2. The fraction of sp³-hybridized carbons (Fsp3) is 0.385. The van der Waals surface area contributed by atoms with Crippen molar-refractivity contribution in [2.45, 2.75) is 26.7 Å². The van der Waals surface area contributed by atoms with Crippen molar-refractivity contribution in [1.29, 1.82) is 0 Å². The van der Waals surface area contributed by atoms with Crippen LogP contribution in [0.4, 0.5) is 5.69 Å². The number of nitrogens with zero attached hydrogens (tertiary/aromatic N) is 2. The highest BCUT2D eigenvalue weighted by Crippen LogP contribution is 2.39. The van der Waals surface area contributed by atoms with Crippen LogP contribution in [0, 0.1) is 15.5 Å². The molecule has 0 saturated carbocycles. The summed E-state index contributed by atoms with van der Waals surface area (Å²) in [6.45, 7) is 3.96. The molecular formula is C13H14N2O3. The number of nitro groups is 1. The molecule has 0 fully saturated rings. The Morgan fingerprint density at radius 1 is 1.39 bits per heavy atom. The Balaban J connectivity index is 2.49. The molecule has 0 amide bonds. The Morgan fingerprint density at radius 3 is 2.72 bits per heavy atom. The van der Waals surface area contributed by atoms with E-state index in [1.54, 1.807) is 0 Å². The van der Waals surface area contributed by atoms with E-state index in [-0.39, 0.29) is 16.9 Å². The van der Waals surface area contributed by atoms with E-state index in [4.69, 9.17) is 0 Å². The van der Waals surface area contributed by atoms with Gasteiger partial charge in [-0.1, -0.05) is 13.8 Å². The van der Waals surface area contributed by atoms with Crippen LogP contribution in [0.25, 0.3) is 5.57 Å². The van der Waals surface area contributed by atoms with Crippen LogP contribution in [0.2, 0.25) is 0 Å². The van der Waals surface area contributed by atoms with Gasteiger partial charge in [-0.25, -0.2) is 4.98 Å². The molecule has 0 unspecified atom stereocenters. The molecule has 2 rings (SSSR count). The van der Waals surface area contributed by atoms with Gasteiger partial charge in [0.2, 0.25) is 0 Å². The van der Waals surface area contributed by atoms with Crippen LogP contribution in [0.3, 0.4) is 0 Å². The molecule has 0 saturated heterocycles. The number of allylic oxidation sites excluding steroid dienone is 2. The summed E-state index contributed by atoms with van der Waals surface area (Å²) in [5, 5.41) is 11.0. The minimum Gasteiger partial charge on any atom is -0.295 e. The van der Waals surface area contributed by atoms with Crippen molar-refractivity contribution in [3.8, 4) is 0 Å². The molecule has 1 aliphatic carbocycles. The average molecular weight is 246 g/mol. The lowest BCUT2D eigenvalue weighted by atomic mass is 9.76. The molecule has 0 N–H and O–H groups in total. The van der Waals surface area contributed by atoms with Crippen molar-refractivity contribution < 1.29 is 9.72 Å². The molecule has 0 radical (unpaired) electrons. The molecule has 5 heteroatoms. The minimum atomic E-state index is -0.463. The molecule has 0 spiro atoms. The smallest absolute Gasteiger partial charge is 0.295 e. The van der Waals surface area contributed by atoms with Gasteiger partial charge in [0.25, 0.3) is 5.69 Å². The first kappa shape index (κ1) is 12.4. The maximum atomic E-state index is 11.7. The van der Waals surface area contributed by atoms with E-state index in [2.05, 4.69) is 4.98 Å². The number of hydrogen-bond donors (Lipinski definition) is 0.